The molecule has 5 nitrogen and oxygen atoms in total. The predicted molar refractivity (Wildman–Crippen MR) is 88.6 cm³/mol. The third-order valence-electron chi connectivity index (χ3n) is 3.13. The molecule has 0 aromatic carbocycles. The number of thioether (sulfide) groups is 1. The van der Waals surface area contributed by atoms with Gasteiger partial charge in [0.15, 0.2) is 0 Å². The predicted octanol–water partition coefficient (Wildman–Crippen LogP) is 1.65. The summed E-state index contributed by atoms with van der Waals surface area (Å²) in [6, 6.07) is 0. The number of anilines is 1. The first-order valence-electron chi connectivity index (χ1n) is 6.63. The second kappa shape index (κ2) is 7.85. The van der Waals surface area contributed by atoms with E-state index in [4.69, 9.17) is 0 Å². The van der Waals surface area contributed by atoms with Crippen molar-refractivity contribution in [1.82, 2.24) is 14.7 Å². The zero-order chi connectivity index (χ0) is 14.4. The van der Waals surface area contributed by atoms with E-state index in [-0.39, 0.29) is 5.56 Å². The second-order valence-corrected chi connectivity index (χ2v) is 6.55. The van der Waals surface area contributed by atoms with Gasteiger partial charge in [-0.2, -0.15) is 16.9 Å². The van der Waals surface area contributed by atoms with Crippen molar-refractivity contribution in [3.8, 4) is 0 Å². The molecule has 1 saturated heterocycles. The zero-order valence-electron chi connectivity index (χ0n) is 11.3. The van der Waals surface area contributed by atoms with Crippen LogP contribution in [0.15, 0.2) is 28.1 Å². The Morgan fingerprint density at radius 1 is 1.50 bits per heavy atom. The summed E-state index contributed by atoms with van der Waals surface area (Å²) in [5, 5.41) is 7.39. The molecule has 0 spiro atoms. The molecule has 1 fully saturated rings. The van der Waals surface area contributed by atoms with Crippen LogP contribution in [0.3, 0.4) is 0 Å². The van der Waals surface area contributed by atoms with Crippen molar-refractivity contribution in [3.63, 3.8) is 0 Å². The molecule has 1 aromatic rings. The van der Waals surface area contributed by atoms with Gasteiger partial charge in [0.2, 0.25) is 0 Å². The van der Waals surface area contributed by atoms with Gasteiger partial charge in [-0.15, -0.1) is 6.58 Å². The molecule has 110 valence electrons. The van der Waals surface area contributed by atoms with Crippen LogP contribution < -0.4 is 10.9 Å². The lowest BCUT2D eigenvalue weighted by atomic mass is 10.4. The first-order valence-corrected chi connectivity index (χ1v) is 8.57. The minimum absolute atomic E-state index is 0.135. The van der Waals surface area contributed by atoms with Gasteiger partial charge in [0.25, 0.3) is 5.56 Å². The third kappa shape index (κ3) is 4.10. The first kappa shape index (κ1) is 15.6. The van der Waals surface area contributed by atoms with Crippen molar-refractivity contribution >= 4 is 33.4 Å². The molecule has 2 heterocycles. The van der Waals surface area contributed by atoms with Crippen LogP contribution in [0.2, 0.25) is 0 Å². The van der Waals surface area contributed by atoms with E-state index in [1.807, 2.05) is 11.8 Å². The number of hydrogen-bond donors (Lipinski definition) is 1. The molecule has 0 unspecified atom stereocenters. The summed E-state index contributed by atoms with van der Waals surface area (Å²) in [5.74, 6) is 2.42. The van der Waals surface area contributed by atoms with E-state index < -0.39 is 0 Å². The van der Waals surface area contributed by atoms with Crippen LogP contribution in [0.5, 0.6) is 0 Å². The second-order valence-electron chi connectivity index (χ2n) is 4.53. The maximum atomic E-state index is 12.0. The largest absolute Gasteiger partial charge is 0.381 e. The Bertz CT molecular complexity index is 514. The van der Waals surface area contributed by atoms with E-state index in [9.17, 15) is 4.79 Å². The molecule has 0 bridgehead atoms. The van der Waals surface area contributed by atoms with Gasteiger partial charge < -0.3 is 5.32 Å². The molecule has 0 aliphatic carbocycles. The van der Waals surface area contributed by atoms with E-state index in [1.165, 1.54) is 16.2 Å². The Kier molecular flexibility index (Phi) is 6.12. The van der Waals surface area contributed by atoms with Gasteiger partial charge in [-0.25, -0.2) is 4.68 Å². The minimum Gasteiger partial charge on any atom is -0.381 e. The van der Waals surface area contributed by atoms with Crippen molar-refractivity contribution in [2.75, 3.05) is 43.0 Å². The monoisotopic (exact) mass is 358 g/mol. The SMILES string of the molecule is C=CCn1ncc(NCCN2CCSCC2)c(Br)c1=O. The van der Waals surface area contributed by atoms with E-state index in [1.54, 1.807) is 12.3 Å². The third-order valence-corrected chi connectivity index (χ3v) is 4.84. The summed E-state index contributed by atoms with van der Waals surface area (Å²) < 4.78 is 1.91. The average Bonchev–Trinajstić information content (AvgIpc) is 2.48. The Morgan fingerprint density at radius 3 is 2.95 bits per heavy atom. The average molecular weight is 359 g/mol. The number of allylic oxidation sites excluding steroid dienone is 1. The minimum atomic E-state index is -0.135. The summed E-state index contributed by atoms with van der Waals surface area (Å²) in [4.78, 5) is 14.4. The molecule has 2 rings (SSSR count). The Labute approximate surface area is 131 Å². The number of aromatic nitrogens is 2. The van der Waals surface area contributed by atoms with Crippen molar-refractivity contribution < 1.29 is 0 Å². The Balaban J connectivity index is 1.91. The molecule has 1 aromatic heterocycles. The fraction of sp³-hybridized carbons (Fsp3) is 0.538. The molecule has 0 radical (unpaired) electrons. The normalized spacial score (nSPS) is 16.1. The number of halogens is 1. The molecule has 1 N–H and O–H groups in total. The van der Waals surface area contributed by atoms with Crippen LogP contribution in [0.4, 0.5) is 5.69 Å². The number of nitrogens with one attached hydrogen (secondary N) is 1. The first-order chi connectivity index (χ1) is 9.72. The topological polar surface area (TPSA) is 50.2 Å². The Hall–Kier alpha value is -0.790. The summed E-state index contributed by atoms with van der Waals surface area (Å²) in [6.45, 7) is 8.13. The lowest BCUT2D eigenvalue weighted by Gasteiger charge is -2.26. The molecule has 0 amide bonds. The van der Waals surface area contributed by atoms with Crippen LogP contribution in [0, 0.1) is 0 Å². The number of hydrogen-bond acceptors (Lipinski definition) is 5. The molecule has 1 aliphatic rings. The van der Waals surface area contributed by atoms with Gasteiger partial charge in [0.1, 0.15) is 4.47 Å². The van der Waals surface area contributed by atoms with Crippen LogP contribution >= 0.6 is 27.7 Å². The molecule has 1 aliphatic heterocycles. The van der Waals surface area contributed by atoms with E-state index in [2.05, 4.69) is 37.8 Å². The molecular formula is C13H19BrN4OS. The molecular weight excluding hydrogens is 340 g/mol. The molecule has 0 atom stereocenters. The highest BCUT2D eigenvalue weighted by Crippen LogP contribution is 2.16. The van der Waals surface area contributed by atoms with E-state index in [0.29, 0.717) is 11.0 Å². The summed E-state index contributed by atoms with van der Waals surface area (Å²) in [6.07, 6.45) is 3.34. The fourth-order valence-corrected chi connectivity index (χ4v) is 3.44. The fourth-order valence-electron chi connectivity index (χ4n) is 2.01. The van der Waals surface area contributed by atoms with Gasteiger partial charge in [-0.3, -0.25) is 9.69 Å². The summed E-state index contributed by atoms with van der Waals surface area (Å²) in [5.41, 5.74) is 0.617. The van der Waals surface area contributed by atoms with Crippen molar-refractivity contribution in [1.29, 1.82) is 0 Å². The smallest absolute Gasteiger partial charge is 0.283 e. The quantitative estimate of drug-likeness (QED) is 0.783. The molecule has 20 heavy (non-hydrogen) atoms. The van der Waals surface area contributed by atoms with Gasteiger partial charge in [-0.1, -0.05) is 6.08 Å². The Morgan fingerprint density at radius 2 is 2.25 bits per heavy atom. The van der Waals surface area contributed by atoms with Crippen LogP contribution in [-0.4, -0.2) is 52.4 Å². The van der Waals surface area contributed by atoms with Gasteiger partial charge in [0, 0.05) is 37.7 Å². The van der Waals surface area contributed by atoms with Gasteiger partial charge >= 0.3 is 0 Å². The van der Waals surface area contributed by atoms with E-state index in [0.717, 1.165) is 31.9 Å². The van der Waals surface area contributed by atoms with Crippen LogP contribution in [0.1, 0.15) is 0 Å². The van der Waals surface area contributed by atoms with Crippen LogP contribution in [0.25, 0.3) is 0 Å². The van der Waals surface area contributed by atoms with Gasteiger partial charge in [0.05, 0.1) is 18.4 Å². The lowest BCUT2D eigenvalue weighted by Crippen LogP contribution is -2.36. The van der Waals surface area contributed by atoms with Crippen molar-refractivity contribution in [2.24, 2.45) is 0 Å². The van der Waals surface area contributed by atoms with Crippen molar-refractivity contribution in [3.05, 3.63) is 33.7 Å². The van der Waals surface area contributed by atoms with Crippen molar-refractivity contribution in [2.45, 2.75) is 6.54 Å². The highest BCUT2D eigenvalue weighted by molar-refractivity contribution is 9.10. The number of nitrogens with zero attached hydrogens (tertiary/aromatic N) is 3. The summed E-state index contributed by atoms with van der Waals surface area (Å²) in [7, 11) is 0. The number of rotatable bonds is 6. The maximum Gasteiger partial charge on any atom is 0.283 e. The standard InChI is InChI=1S/C13H19BrN4OS/c1-2-4-18-13(19)12(14)11(10-16-18)15-3-5-17-6-8-20-9-7-17/h2,10,15H,1,3-9H2. The molecule has 0 saturated carbocycles. The maximum absolute atomic E-state index is 12.0. The van der Waals surface area contributed by atoms with Crippen LogP contribution in [-0.2, 0) is 6.54 Å². The van der Waals surface area contributed by atoms with Gasteiger partial charge in [-0.05, 0) is 15.9 Å². The highest BCUT2D eigenvalue weighted by atomic mass is 79.9. The lowest BCUT2D eigenvalue weighted by molar-refractivity contribution is 0.314. The molecule has 7 heteroatoms. The summed E-state index contributed by atoms with van der Waals surface area (Å²) >= 11 is 5.35. The highest BCUT2D eigenvalue weighted by Gasteiger charge is 2.11. The van der Waals surface area contributed by atoms with E-state index >= 15 is 0 Å². The zero-order valence-corrected chi connectivity index (χ0v) is 13.8.